The number of unbranched alkanes of at least 4 members (excludes halogenated alkanes) is 1. The van der Waals surface area contributed by atoms with Gasteiger partial charge in [0.25, 0.3) is 0 Å². The van der Waals surface area contributed by atoms with E-state index in [0.29, 0.717) is 25.7 Å². The summed E-state index contributed by atoms with van der Waals surface area (Å²) in [6.07, 6.45) is -0.966. The summed E-state index contributed by atoms with van der Waals surface area (Å²) in [6, 6.07) is -17.3. The Kier molecular flexibility index (Phi) is 34.7. The van der Waals surface area contributed by atoms with Gasteiger partial charge in [0.2, 0.25) is 76.8 Å². The minimum Gasteiger partial charge on any atom is -0.481 e. The molecule has 0 spiro atoms. The van der Waals surface area contributed by atoms with E-state index in [1.807, 2.05) is 5.32 Å². The number of hydrogen-bond donors (Lipinski definition) is 16. The Morgan fingerprint density at radius 2 is 0.916 bits per heavy atom. The molecular weight excluding hydrogens is 1250 g/mol. The highest BCUT2D eigenvalue weighted by Crippen LogP contribution is 2.24. The summed E-state index contributed by atoms with van der Waals surface area (Å²) in [5, 5.41) is 53.6. The van der Waals surface area contributed by atoms with Gasteiger partial charge in [-0.3, -0.25) is 71.9 Å². The Balaban J connectivity index is 2.32. The van der Waals surface area contributed by atoms with Gasteiger partial charge in [-0.05, 0) is 115 Å². The van der Waals surface area contributed by atoms with Gasteiger partial charge in [-0.15, -0.1) is 0 Å². The Morgan fingerprint density at radius 1 is 0.463 bits per heavy atom. The number of nitrogens with one attached hydrogen (secondary N) is 10. The predicted octanol–water partition coefficient (Wildman–Crippen LogP) is -3.57. The van der Waals surface area contributed by atoms with Gasteiger partial charge in [-0.25, -0.2) is 4.79 Å². The van der Waals surface area contributed by atoms with Crippen LogP contribution in [-0.4, -0.2) is 218 Å². The summed E-state index contributed by atoms with van der Waals surface area (Å²) in [5.74, 6) is -17.0. The SMILES string of the molecule is CC[C@H](C)[C@H](NC(=O)[C@H](C)N)C(=O)N[C@@H](C)C(=O)N[C@@H](C)C(=O)N[C@@H](CCC(=O)O)C(=O)N1CCC[C@H]1C(=O)N[C@H](C(=O)N1CCC[C@H]1C(=O)N[C@@H](CC(C)C)C(=O)N[C@H](C(=O)N[C@@H](CCCCN)C(=O)N[C@@H](CCC(N)=O)C(=O)N[C@@H](CC(=O)O)C(=O)O)C(C)C)C(C)C. The molecule has 0 aromatic heterocycles. The van der Waals surface area contributed by atoms with Crippen LogP contribution in [0, 0.1) is 23.7 Å². The fraction of sp³-hybridized carbons (Fsp3) is 0.738. The van der Waals surface area contributed by atoms with Crippen molar-refractivity contribution >= 4 is 94.7 Å². The number of likely N-dealkylation sites (tertiary alicyclic amines) is 2. The molecule has 0 saturated carbocycles. The van der Waals surface area contributed by atoms with Crippen LogP contribution in [0.25, 0.3) is 0 Å². The van der Waals surface area contributed by atoms with E-state index < -0.39 is 217 Å². The minimum atomic E-state index is -1.92. The quantitative estimate of drug-likeness (QED) is 0.0263. The lowest BCUT2D eigenvalue weighted by Gasteiger charge is -2.33. The molecule has 14 atom stereocenters. The molecule has 2 aliphatic rings. The molecule has 34 nitrogen and oxygen atoms in total. The van der Waals surface area contributed by atoms with Gasteiger partial charge in [0.05, 0.1) is 12.5 Å². The number of aliphatic carboxylic acids is 3. The van der Waals surface area contributed by atoms with E-state index >= 15 is 0 Å². The van der Waals surface area contributed by atoms with Crippen molar-refractivity contribution in [3.8, 4) is 0 Å². The molecule has 2 saturated heterocycles. The van der Waals surface area contributed by atoms with Crippen molar-refractivity contribution in [2.75, 3.05) is 19.6 Å². The fourth-order valence-corrected chi connectivity index (χ4v) is 10.6. The van der Waals surface area contributed by atoms with Crippen LogP contribution in [0.3, 0.4) is 0 Å². The first-order valence-corrected chi connectivity index (χ1v) is 32.4. The van der Waals surface area contributed by atoms with Crippen molar-refractivity contribution < 1.29 is 92.0 Å². The fourth-order valence-electron chi connectivity index (χ4n) is 10.6. The lowest BCUT2D eigenvalue weighted by atomic mass is 9.97. The second kappa shape index (κ2) is 40.0. The van der Waals surface area contributed by atoms with Crippen LogP contribution in [0.15, 0.2) is 0 Å². The molecule has 0 aliphatic carbocycles. The molecule has 13 amide bonds. The summed E-state index contributed by atoms with van der Waals surface area (Å²) >= 11 is 0. The minimum absolute atomic E-state index is 0.00107. The van der Waals surface area contributed by atoms with Crippen LogP contribution in [0.1, 0.15) is 166 Å². The maximum Gasteiger partial charge on any atom is 0.326 e. The topological polar surface area (TPSA) is 539 Å². The smallest absolute Gasteiger partial charge is 0.326 e. The third-order valence-electron chi connectivity index (χ3n) is 16.4. The maximum atomic E-state index is 14.6. The molecule has 0 aromatic rings. The monoisotopic (exact) mass is 1350 g/mol. The van der Waals surface area contributed by atoms with Crippen molar-refractivity contribution in [2.24, 2.45) is 40.9 Å². The third kappa shape index (κ3) is 27.0. The number of carboxylic acid groups (broad SMARTS) is 3. The van der Waals surface area contributed by atoms with Crippen LogP contribution < -0.4 is 70.4 Å². The molecule has 536 valence electrons. The van der Waals surface area contributed by atoms with Crippen LogP contribution in [0.2, 0.25) is 0 Å². The van der Waals surface area contributed by atoms with E-state index in [1.54, 1.807) is 55.4 Å². The van der Waals surface area contributed by atoms with E-state index in [1.165, 1.54) is 30.6 Å². The average Bonchev–Trinajstić information content (AvgIpc) is 1.75. The number of carbonyl (C=O) groups is 16. The molecule has 2 aliphatic heterocycles. The zero-order valence-electron chi connectivity index (χ0n) is 56.3. The summed E-state index contributed by atoms with van der Waals surface area (Å²) in [4.78, 5) is 215. The number of primary amides is 1. The summed E-state index contributed by atoms with van der Waals surface area (Å²) < 4.78 is 0. The molecule has 2 rings (SSSR count). The number of carboxylic acids is 3. The Morgan fingerprint density at radius 3 is 1.40 bits per heavy atom. The number of nitrogens with two attached hydrogens (primary N) is 3. The Labute approximate surface area is 553 Å². The number of carbonyl (C=O) groups excluding carboxylic acids is 13. The zero-order valence-corrected chi connectivity index (χ0v) is 56.3. The molecule has 34 heteroatoms. The van der Waals surface area contributed by atoms with E-state index in [9.17, 15) is 92.0 Å². The van der Waals surface area contributed by atoms with Gasteiger partial charge in [0, 0.05) is 25.9 Å². The summed E-state index contributed by atoms with van der Waals surface area (Å²) in [7, 11) is 0. The van der Waals surface area contributed by atoms with Crippen molar-refractivity contribution in [1.82, 2.24) is 63.0 Å². The molecule has 0 radical (unpaired) electrons. The van der Waals surface area contributed by atoms with E-state index in [0.717, 1.165) is 0 Å². The molecule has 19 N–H and O–H groups in total. The second-order valence-electron chi connectivity index (χ2n) is 25.6. The van der Waals surface area contributed by atoms with Crippen LogP contribution in [-0.2, 0) is 76.7 Å². The highest BCUT2D eigenvalue weighted by Gasteiger charge is 2.44. The molecule has 0 unspecified atom stereocenters. The molecule has 2 heterocycles. The van der Waals surface area contributed by atoms with E-state index in [2.05, 4.69) is 47.9 Å². The standard InChI is InChI=1S/C61H103N15O19/c1-12-32(8)48(74-49(82)33(9)63)58(91)66-34(10)50(83)65-35(11)51(84)69-38(21-23-44(78)79)59(92)75-25-15-19-42(75)56(89)73-47(31(6)7)60(93)76-26-16-18-41(76)55(88)70-39(27-29(2)3)54(87)72-46(30(4)5)57(90)68-36(17-13-14-24-62)52(85)67-37(20-22-43(64)77)53(86)71-40(61(94)95)28-45(80)81/h29-42,46-48H,12-28,62-63H2,1-11H3,(H2,64,77)(H,65,83)(H,66,91)(H,67,85)(H,68,90)(H,69,84)(H,70,88)(H,71,86)(H,72,87)(H,73,89)(H,74,82)(H,78,79)(H,80,81)(H,94,95)/t32-,33-,34-,35-,36-,37-,38-,39-,40-,41-,42-,46-,47-,48-/m0/s1. The van der Waals surface area contributed by atoms with Gasteiger partial charge in [-0.1, -0.05) is 61.8 Å². The van der Waals surface area contributed by atoms with Crippen LogP contribution in [0.5, 0.6) is 0 Å². The summed E-state index contributed by atoms with van der Waals surface area (Å²) in [6.45, 7) is 17.9. The number of nitrogens with zero attached hydrogens (tertiary/aromatic N) is 2. The van der Waals surface area contributed by atoms with Gasteiger partial charge in [0.15, 0.2) is 0 Å². The largest absolute Gasteiger partial charge is 0.481 e. The van der Waals surface area contributed by atoms with Crippen LogP contribution in [0.4, 0.5) is 0 Å². The van der Waals surface area contributed by atoms with Crippen molar-refractivity contribution in [3.63, 3.8) is 0 Å². The number of hydrogen-bond acceptors (Lipinski definition) is 18. The van der Waals surface area contributed by atoms with Crippen molar-refractivity contribution in [2.45, 2.75) is 245 Å². The molecule has 0 bridgehead atoms. The number of rotatable bonds is 41. The first-order valence-electron chi connectivity index (χ1n) is 32.4. The molecule has 95 heavy (non-hydrogen) atoms. The molecule has 2 fully saturated rings. The van der Waals surface area contributed by atoms with Crippen LogP contribution >= 0.6 is 0 Å². The second-order valence-corrected chi connectivity index (χ2v) is 25.6. The predicted molar refractivity (Wildman–Crippen MR) is 340 cm³/mol. The van der Waals surface area contributed by atoms with Gasteiger partial charge in [-0.2, -0.15) is 0 Å². The first kappa shape index (κ1) is 82.5. The first-order chi connectivity index (χ1) is 44.4. The van der Waals surface area contributed by atoms with Gasteiger partial charge < -0.3 is 95.5 Å². The van der Waals surface area contributed by atoms with E-state index in [4.69, 9.17) is 17.2 Å². The Bertz CT molecular complexity index is 2750. The molecule has 0 aromatic carbocycles. The maximum absolute atomic E-state index is 14.6. The lowest BCUT2D eigenvalue weighted by molar-refractivity contribution is -0.147. The summed E-state index contributed by atoms with van der Waals surface area (Å²) in [5.41, 5.74) is 16.7. The van der Waals surface area contributed by atoms with Gasteiger partial charge in [0.1, 0.15) is 72.5 Å². The number of amides is 13. The highest BCUT2D eigenvalue weighted by molar-refractivity contribution is 6.00. The van der Waals surface area contributed by atoms with Crippen molar-refractivity contribution in [3.05, 3.63) is 0 Å². The zero-order chi connectivity index (χ0) is 72.3. The van der Waals surface area contributed by atoms with Gasteiger partial charge >= 0.3 is 17.9 Å². The van der Waals surface area contributed by atoms with Crippen molar-refractivity contribution in [1.29, 1.82) is 0 Å². The lowest BCUT2D eigenvalue weighted by Crippen LogP contribution is -2.61. The van der Waals surface area contributed by atoms with E-state index in [-0.39, 0.29) is 63.6 Å². The third-order valence-corrected chi connectivity index (χ3v) is 16.4. The highest BCUT2D eigenvalue weighted by atomic mass is 16.4. The average molecular weight is 1350 g/mol. The Hall–Kier alpha value is -8.56. The molecular formula is C61H103N15O19. The normalized spacial score (nSPS) is 18.3.